The molecule has 2 nitrogen and oxygen atoms in total. The average Bonchev–Trinajstić information content (AvgIpc) is 2.28. The van der Waals surface area contributed by atoms with Gasteiger partial charge in [-0.3, -0.25) is 0 Å². The summed E-state index contributed by atoms with van der Waals surface area (Å²) in [6, 6.07) is 3.52. The number of aliphatic hydroxyl groups is 1. The van der Waals surface area contributed by atoms with Gasteiger partial charge >= 0.3 is 0 Å². The number of rotatable bonds is 7. The summed E-state index contributed by atoms with van der Waals surface area (Å²) < 4.78 is 0. The van der Waals surface area contributed by atoms with Crippen LogP contribution in [-0.4, -0.2) is 10.1 Å². The Bertz CT molecular complexity index is 327. The van der Waals surface area contributed by atoms with Crippen molar-refractivity contribution in [2.24, 2.45) is 0 Å². The van der Waals surface area contributed by atoms with Crippen LogP contribution in [0.25, 0.3) is 0 Å². The molecule has 1 N–H and O–H groups in total. The van der Waals surface area contributed by atoms with Gasteiger partial charge in [0.15, 0.2) is 0 Å². The molecule has 0 aliphatic carbocycles. The predicted molar refractivity (Wildman–Crippen MR) is 67.5 cm³/mol. The van der Waals surface area contributed by atoms with Crippen LogP contribution in [0.4, 0.5) is 0 Å². The molecule has 0 saturated carbocycles. The molecule has 1 aromatic heterocycles. The Morgan fingerprint density at radius 2 is 2.25 bits per heavy atom. The van der Waals surface area contributed by atoms with Crippen LogP contribution in [0, 0.1) is 0 Å². The van der Waals surface area contributed by atoms with Crippen molar-refractivity contribution in [3.63, 3.8) is 0 Å². The van der Waals surface area contributed by atoms with Crippen LogP contribution in [-0.2, 0) is 0 Å². The smallest absolute Gasteiger partial charge is 0.129 e. The van der Waals surface area contributed by atoms with Crippen LogP contribution < -0.4 is 0 Å². The van der Waals surface area contributed by atoms with Crippen LogP contribution in [0.15, 0.2) is 31.0 Å². The molecular weight excluding hydrogens is 222 g/mol. The van der Waals surface area contributed by atoms with Gasteiger partial charge in [-0.15, -0.1) is 6.58 Å². The van der Waals surface area contributed by atoms with Gasteiger partial charge in [-0.05, 0) is 37.0 Å². The van der Waals surface area contributed by atoms with Gasteiger partial charge in [0.05, 0.1) is 6.10 Å². The summed E-state index contributed by atoms with van der Waals surface area (Å²) in [6.45, 7) is 3.68. The number of halogens is 1. The van der Waals surface area contributed by atoms with E-state index in [2.05, 4.69) is 11.6 Å². The van der Waals surface area contributed by atoms with Gasteiger partial charge in [-0.25, -0.2) is 4.98 Å². The largest absolute Gasteiger partial charge is 0.388 e. The third-order valence-corrected chi connectivity index (χ3v) is 2.73. The molecule has 88 valence electrons. The lowest BCUT2D eigenvalue weighted by Crippen LogP contribution is -1.97. The van der Waals surface area contributed by atoms with Gasteiger partial charge in [-0.1, -0.05) is 30.5 Å². The molecule has 0 saturated heterocycles. The molecule has 0 spiro atoms. The Kier molecular flexibility index (Phi) is 6.12. The van der Waals surface area contributed by atoms with Crippen molar-refractivity contribution >= 4 is 11.6 Å². The molecular formula is C13H18ClNO. The molecule has 16 heavy (non-hydrogen) atoms. The number of nitrogens with zero attached hydrogens (tertiary/aromatic N) is 1. The molecule has 3 heteroatoms. The zero-order valence-electron chi connectivity index (χ0n) is 9.40. The van der Waals surface area contributed by atoms with Crippen LogP contribution in [0.3, 0.4) is 0 Å². The minimum Gasteiger partial charge on any atom is -0.388 e. The lowest BCUT2D eigenvalue weighted by Gasteiger charge is -2.10. The Hall–Kier alpha value is -0.860. The highest BCUT2D eigenvalue weighted by atomic mass is 35.5. The van der Waals surface area contributed by atoms with Crippen molar-refractivity contribution in [1.29, 1.82) is 0 Å². The first-order valence-electron chi connectivity index (χ1n) is 5.64. The quantitative estimate of drug-likeness (QED) is 0.445. The zero-order valence-corrected chi connectivity index (χ0v) is 10.2. The molecule has 0 fully saturated rings. The lowest BCUT2D eigenvalue weighted by atomic mass is 10.0. The van der Waals surface area contributed by atoms with Gasteiger partial charge in [0, 0.05) is 6.20 Å². The lowest BCUT2D eigenvalue weighted by molar-refractivity contribution is 0.163. The van der Waals surface area contributed by atoms with Gasteiger partial charge in [0.2, 0.25) is 0 Å². The number of hydrogen-bond acceptors (Lipinski definition) is 2. The fourth-order valence-electron chi connectivity index (χ4n) is 1.59. The first-order valence-corrected chi connectivity index (χ1v) is 6.02. The highest BCUT2D eigenvalue weighted by Gasteiger charge is 2.07. The van der Waals surface area contributed by atoms with E-state index < -0.39 is 6.10 Å². The molecule has 1 heterocycles. The second-order valence-electron chi connectivity index (χ2n) is 3.85. The van der Waals surface area contributed by atoms with Crippen molar-refractivity contribution in [3.05, 3.63) is 41.7 Å². The van der Waals surface area contributed by atoms with Crippen LogP contribution in [0.1, 0.15) is 43.8 Å². The number of pyridine rings is 1. The Morgan fingerprint density at radius 3 is 2.94 bits per heavy atom. The minimum atomic E-state index is -0.427. The van der Waals surface area contributed by atoms with E-state index in [0.717, 1.165) is 37.7 Å². The summed E-state index contributed by atoms with van der Waals surface area (Å²) in [5, 5.41) is 10.3. The van der Waals surface area contributed by atoms with Gasteiger partial charge in [0.25, 0.3) is 0 Å². The number of aromatic nitrogens is 1. The second-order valence-corrected chi connectivity index (χ2v) is 4.24. The fourth-order valence-corrected chi connectivity index (χ4v) is 1.78. The molecule has 0 aliphatic heterocycles. The maximum atomic E-state index is 9.89. The van der Waals surface area contributed by atoms with E-state index in [-0.39, 0.29) is 0 Å². The number of allylic oxidation sites excluding steroid dienone is 1. The van der Waals surface area contributed by atoms with Crippen molar-refractivity contribution in [3.8, 4) is 0 Å². The van der Waals surface area contributed by atoms with Crippen molar-refractivity contribution in [2.45, 2.75) is 38.2 Å². The summed E-state index contributed by atoms with van der Waals surface area (Å²) in [4.78, 5) is 3.89. The van der Waals surface area contributed by atoms with E-state index in [1.165, 1.54) is 0 Å². The van der Waals surface area contributed by atoms with Crippen molar-refractivity contribution in [1.82, 2.24) is 4.98 Å². The molecule has 1 rings (SSSR count). The van der Waals surface area contributed by atoms with E-state index in [9.17, 15) is 5.11 Å². The van der Waals surface area contributed by atoms with E-state index in [4.69, 9.17) is 11.6 Å². The highest BCUT2D eigenvalue weighted by molar-refractivity contribution is 6.29. The van der Waals surface area contributed by atoms with Crippen molar-refractivity contribution in [2.75, 3.05) is 0 Å². The third kappa shape index (κ3) is 4.77. The topological polar surface area (TPSA) is 33.1 Å². The fraction of sp³-hybridized carbons (Fsp3) is 0.462. The van der Waals surface area contributed by atoms with E-state index >= 15 is 0 Å². The highest BCUT2D eigenvalue weighted by Crippen LogP contribution is 2.21. The Balaban J connectivity index is 2.29. The summed E-state index contributed by atoms with van der Waals surface area (Å²) in [6.07, 6.45) is 8.25. The van der Waals surface area contributed by atoms with Crippen molar-refractivity contribution < 1.29 is 5.11 Å². The second kappa shape index (κ2) is 7.42. The summed E-state index contributed by atoms with van der Waals surface area (Å²) in [7, 11) is 0. The molecule has 0 radical (unpaired) electrons. The summed E-state index contributed by atoms with van der Waals surface area (Å²) in [5.41, 5.74) is 0.851. The first-order chi connectivity index (χ1) is 7.74. The maximum Gasteiger partial charge on any atom is 0.129 e. The molecule has 1 unspecified atom stereocenters. The summed E-state index contributed by atoms with van der Waals surface area (Å²) in [5.74, 6) is 0. The van der Waals surface area contributed by atoms with Gasteiger partial charge in [-0.2, -0.15) is 0 Å². The minimum absolute atomic E-state index is 0.427. The molecule has 0 aromatic carbocycles. The average molecular weight is 240 g/mol. The van der Waals surface area contributed by atoms with E-state index in [1.54, 1.807) is 18.3 Å². The summed E-state index contributed by atoms with van der Waals surface area (Å²) >= 11 is 5.76. The third-order valence-electron chi connectivity index (χ3n) is 2.52. The Labute approximate surface area is 102 Å². The Morgan fingerprint density at radius 1 is 1.44 bits per heavy atom. The molecule has 1 atom stereocenters. The van der Waals surface area contributed by atoms with Crippen LogP contribution >= 0.6 is 11.6 Å². The van der Waals surface area contributed by atoms with E-state index in [1.807, 2.05) is 6.08 Å². The monoisotopic (exact) mass is 239 g/mol. The normalized spacial score (nSPS) is 12.4. The number of aliphatic hydroxyl groups excluding tert-OH is 1. The predicted octanol–water partition coefficient (Wildman–Crippen LogP) is 3.90. The first kappa shape index (κ1) is 13.2. The van der Waals surface area contributed by atoms with E-state index in [0.29, 0.717) is 5.15 Å². The maximum absolute atomic E-state index is 9.89. The molecule has 0 bridgehead atoms. The molecule has 0 aliphatic rings. The number of hydrogen-bond donors (Lipinski definition) is 1. The molecule has 0 amide bonds. The van der Waals surface area contributed by atoms with Gasteiger partial charge in [0.1, 0.15) is 5.15 Å². The SMILES string of the molecule is C=CCCCCCC(O)c1ccnc(Cl)c1. The van der Waals surface area contributed by atoms with Gasteiger partial charge < -0.3 is 5.11 Å². The van der Waals surface area contributed by atoms with Crippen LogP contribution in [0.2, 0.25) is 5.15 Å². The van der Waals surface area contributed by atoms with Crippen LogP contribution in [0.5, 0.6) is 0 Å². The standard InChI is InChI=1S/C13H18ClNO/c1-2-3-4-5-6-7-12(16)11-8-9-15-13(14)10-11/h2,8-10,12,16H,1,3-7H2. The zero-order chi connectivity index (χ0) is 11.8. The molecule has 1 aromatic rings. The number of unbranched alkanes of at least 4 members (excludes halogenated alkanes) is 3.